The van der Waals surface area contributed by atoms with E-state index in [-0.39, 0.29) is 21.1 Å². The lowest BCUT2D eigenvalue weighted by molar-refractivity contribution is 0.0697. The highest BCUT2D eigenvalue weighted by atomic mass is 32.2. The molecular weight excluding hydrogens is 366 g/mol. The molecule has 1 heterocycles. The topological polar surface area (TPSA) is 156 Å². The first kappa shape index (κ1) is 17.2. The average Bonchev–Trinajstić information content (AvgIpc) is 2.86. The fourth-order valence-electron chi connectivity index (χ4n) is 1.59. The number of nitrogens with two attached hydrogens (primary N) is 1. The highest BCUT2D eigenvalue weighted by Crippen LogP contribution is 2.24. The van der Waals surface area contributed by atoms with Gasteiger partial charge in [0.15, 0.2) is 0 Å². The van der Waals surface area contributed by atoms with Gasteiger partial charge >= 0.3 is 5.97 Å². The Morgan fingerprint density at radius 3 is 2.22 bits per heavy atom. The summed E-state index contributed by atoms with van der Waals surface area (Å²) in [5.74, 6) is -1.23. The van der Waals surface area contributed by atoms with E-state index in [1.807, 2.05) is 4.72 Å². The number of benzene rings is 1. The zero-order valence-corrected chi connectivity index (χ0v) is 13.7. The Hall–Kier alpha value is -2.15. The van der Waals surface area contributed by atoms with Crippen LogP contribution >= 0.6 is 11.3 Å². The van der Waals surface area contributed by atoms with E-state index in [1.54, 1.807) is 0 Å². The minimum absolute atomic E-state index is 0.0742. The SMILES string of the molecule is NS(=O)(=O)Nc1cccc(NS(=O)(=O)c2cc(C(=O)O)cs2)c1. The Labute approximate surface area is 136 Å². The van der Waals surface area contributed by atoms with Gasteiger partial charge in [-0.25, -0.2) is 18.4 Å². The fourth-order valence-corrected chi connectivity index (χ4v) is 4.24. The van der Waals surface area contributed by atoms with Crippen LogP contribution in [0.15, 0.2) is 39.9 Å². The van der Waals surface area contributed by atoms with E-state index in [9.17, 15) is 21.6 Å². The van der Waals surface area contributed by atoms with Gasteiger partial charge in [0.1, 0.15) is 4.21 Å². The van der Waals surface area contributed by atoms with E-state index in [4.69, 9.17) is 10.2 Å². The molecule has 0 radical (unpaired) electrons. The summed E-state index contributed by atoms with van der Waals surface area (Å²) in [6.07, 6.45) is 0. The van der Waals surface area contributed by atoms with E-state index >= 15 is 0 Å². The van der Waals surface area contributed by atoms with Gasteiger partial charge in [-0.1, -0.05) is 6.07 Å². The van der Waals surface area contributed by atoms with Crippen molar-refractivity contribution in [3.63, 3.8) is 0 Å². The lowest BCUT2D eigenvalue weighted by Gasteiger charge is -2.08. The third-order valence-electron chi connectivity index (χ3n) is 2.46. The molecule has 0 aliphatic carbocycles. The van der Waals surface area contributed by atoms with Gasteiger partial charge in [-0.15, -0.1) is 11.3 Å². The minimum atomic E-state index is -3.99. The number of carboxylic acids is 1. The molecule has 0 saturated carbocycles. The Morgan fingerprint density at radius 1 is 1.09 bits per heavy atom. The molecule has 0 saturated heterocycles. The minimum Gasteiger partial charge on any atom is -0.478 e. The molecule has 0 fully saturated rings. The normalized spacial score (nSPS) is 11.9. The molecule has 0 unspecified atom stereocenters. The monoisotopic (exact) mass is 377 g/mol. The van der Waals surface area contributed by atoms with Crippen molar-refractivity contribution >= 4 is 48.9 Å². The van der Waals surface area contributed by atoms with Crippen LogP contribution in [-0.2, 0) is 20.2 Å². The molecule has 0 spiro atoms. The summed E-state index contributed by atoms with van der Waals surface area (Å²) in [4.78, 5) is 10.8. The van der Waals surface area contributed by atoms with Crippen molar-refractivity contribution in [2.45, 2.75) is 4.21 Å². The number of aromatic carboxylic acids is 1. The van der Waals surface area contributed by atoms with Gasteiger partial charge in [0.25, 0.3) is 20.2 Å². The summed E-state index contributed by atoms with van der Waals surface area (Å²) in [6.45, 7) is 0. The van der Waals surface area contributed by atoms with Gasteiger partial charge in [0.05, 0.1) is 16.9 Å². The number of hydrogen-bond donors (Lipinski definition) is 4. The summed E-state index contributed by atoms with van der Waals surface area (Å²) in [5.41, 5.74) is 0.0223. The van der Waals surface area contributed by atoms with Crippen molar-refractivity contribution < 1.29 is 26.7 Å². The molecule has 12 heteroatoms. The molecule has 2 rings (SSSR count). The second-order valence-corrected chi connectivity index (χ2v) is 8.41. The molecule has 0 amide bonds. The standard InChI is InChI=1S/C11H11N3O6S3/c12-23(19,20)14-9-3-1-2-8(5-9)13-22(17,18)10-4-7(6-21-10)11(15)16/h1-6,13-14H,(H,15,16)(H2,12,19,20). The number of anilines is 2. The maximum atomic E-state index is 12.2. The third kappa shape index (κ3) is 4.66. The zero-order valence-electron chi connectivity index (χ0n) is 11.3. The van der Waals surface area contributed by atoms with E-state index in [2.05, 4.69) is 4.72 Å². The third-order valence-corrected chi connectivity index (χ3v) is 5.80. The van der Waals surface area contributed by atoms with Crippen molar-refractivity contribution in [2.24, 2.45) is 5.14 Å². The molecule has 0 atom stereocenters. The number of carbonyl (C=O) groups is 1. The molecule has 0 aliphatic rings. The predicted molar refractivity (Wildman–Crippen MR) is 85.3 cm³/mol. The number of rotatable bonds is 6. The smallest absolute Gasteiger partial charge is 0.336 e. The molecule has 23 heavy (non-hydrogen) atoms. The summed E-state index contributed by atoms with van der Waals surface area (Å²) < 4.78 is 50.3. The number of sulfonamides is 1. The zero-order chi connectivity index (χ0) is 17.3. The summed E-state index contributed by atoms with van der Waals surface area (Å²) >= 11 is 0.755. The second kappa shape index (κ2) is 6.16. The van der Waals surface area contributed by atoms with E-state index < -0.39 is 26.2 Å². The maximum absolute atomic E-state index is 12.2. The first-order valence-corrected chi connectivity index (χ1v) is 9.73. The number of thiophene rings is 1. The van der Waals surface area contributed by atoms with E-state index in [1.165, 1.54) is 29.6 Å². The molecule has 1 aromatic carbocycles. The average molecular weight is 377 g/mol. The largest absolute Gasteiger partial charge is 0.478 e. The van der Waals surface area contributed by atoms with Crippen LogP contribution in [0.25, 0.3) is 0 Å². The Balaban J connectivity index is 2.26. The quantitative estimate of drug-likeness (QED) is 0.585. The Kier molecular flexibility index (Phi) is 4.61. The van der Waals surface area contributed by atoms with Crippen molar-refractivity contribution in [1.82, 2.24) is 0 Å². The number of carboxylic acid groups (broad SMARTS) is 1. The van der Waals surface area contributed by atoms with Gasteiger partial charge in [-0.2, -0.15) is 8.42 Å². The highest BCUT2D eigenvalue weighted by Gasteiger charge is 2.19. The fraction of sp³-hybridized carbons (Fsp3) is 0. The Morgan fingerprint density at radius 2 is 1.70 bits per heavy atom. The molecule has 0 aliphatic heterocycles. The molecule has 124 valence electrons. The maximum Gasteiger partial charge on any atom is 0.336 e. The number of nitrogens with one attached hydrogen (secondary N) is 2. The van der Waals surface area contributed by atoms with Crippen LogP contribution in [0.3, 0.4) is 0 Å². The lowest BCUT2D eigenvalue weighted by Crippen LogP contribution is -2.21. The van der Waals surface area contributed by atoms with Crippen LogP contribution in [0, 0.1) is 0 Å². The number of hydrogen-bond acceptors (Lipinski definition) is 6. The summed E-state index contributed by atoms with van der Waals surface area (Å²) in [5, 5.41) is 14.9. The van der Waals surface area contributed by atoms with Gasteiger partial charge in [-0.3, -0.25) is 9.44 Å². The molecule has 1 aromatic heterocycles. The highest BCUT2D eigenvalue weighted by molar-refractivity contribution is 7.94. The van der Waals surface area contributed by atoms with E-state index in [0.29, 0.717) is 0 Å². The van der Waals surface area contributed by atoms with Crippen LogP contribution in [0.4, 0.5) is 11.4 Å². The van der Waals surface area contributed by atoms with Crippen molar-refractivity contribution in [1.29, 1.82) is 0 Å². The first-order chi connectivity index (χ1) is 10.6. The summed E-state index contributed by atoms with van der Waals surface area (Å²) in [6, 6.07) is 6.46. The van der Waals surface area contributed by atoms with Gasteiger partial charge in [0, 0.05) is 5.38 Å². The van der Waals surface area contributed by atoms with Crippen LogP contribution in [0.1, 0.15) is 10.4 Å². The van der Waals surface area contributed by atoms with Gasteiger partial charge in [0.2, 0.25) is 0 Å². The van der Waals surface area contributed by atoms with Gasteiger partial charge < -0.3 is 5.11 Å². The lowest BCUT2D eigenvalue weighted by atomic mass is 10.3. The van der Waals surface area contributed by atoms with Crippen LogP contribution < -0.4 is 14.6 Å². The van der Waals surface area contributed by atoms with Crippen molar-refractivity contribution in [3.8, 4) is 0 Å². The van der Waals surface area contributed by atoms with Crippen LogP contribution in [0.2, 0.25) is 0 Å². The van der Waals surface area contributed by atoms with Crippen LogP contribution in [-0.4, -0.2) is 27.9 Å². The van der Waals surface area contributed by atoms with E-state index in [0.717, 1.165) is 17.4 Å². The van der Waals surface area contributed by atoms with Crippen molar-refractivity contribution in [2.75, 3.05) is 9.44 Å². The molecule has 0 bridgehead atoms. The molecule has 5 N–H and O–H groups in total. The molecule has 9 nitrogen and oxygen atoms in total. The van der Waals surface area contributed by atoms with Crippen LogP contribution in [0.5, 0.6) is 0 Å². The molecule has 2 aromatic rings. The second-order valence-electron chi connectivity index (χ2n) is 4.29. The first-order valence-electron chi connectivity index (χ1n) is 5.82. The Bertz CT molecular complexity index is 949. The molecular formula is C11H11N3O6S3. The van der Waals surface area contributed by atoms with Crippen molar-refractivity contribution in [3.05, 3.63) is 41.3 Å². The van der Waals surface area contributed by atoms with Gasteiger partial charge in [-0.05, 0) is 24.3 Å². The predicted octanol–water partition coefficient (Wildman–Crippen LogP) is 0.863. The summed E-state index contributed by atoms with van der Waals surface area (Å²) in [7, 11) is -7.98.